The first-order valence-corrected chi connectivity index (χ1v) is 7.22. The highest BCUT2D eigenvalue weighted by Crippen LogP contribution is 2.38. The maximum atomic E-state index is 11.5. The van der Waals surface area contributed by atoms with Gasteiger partial charge in [0.05, 0.1) is 5.41 Å². The van der Waals surface area contributed by atoms with Crippen LogP contribution in [0.3, 0.4) is 0 Å². The van der Waals surface area contributed by atoms with Crippen LogP contribution in [0.15, 0.2) is 0 Å². The van der Waals surface area contributed by atoms with Gasteiger partial charge in [0.1, 0.15) is 31.0 Å². The van der Waals surface area contributed by atoms with Gasteiger partial charge >= 0.3 is 5.97 Å². The normalized spacial score (nSPS) is 35.2. The van der Waals surface area contributed by atoms with Crippen LogP contribution in [0.25, 0.3) is 0 Å². The summed E-state index contributed by atoms with van der Waals surface area (Å²) in [5.74, 6) is -1.40. The fourth-order valence-corrected chi connectivity index (χ4v) is 2.21. The van der Waals surface area contributed by atoms with E-state index >= 15 is 0 Å². The first-order chi connectivity index (χ1) is 10.0. The predicted molar refractivity (Wildman–Crippen MR) is 72.2 cm³/mol. The van der Waals surface area contributed by atoms with Gasteiger partial charge < -0.3 is 24.4 Å². The fraction of sp³-hybridized carbons (Fsp3) is 0.929. The largest absolute Gasteiger partial charge is 0.388 e. The molecule has 2 heterocycles. The molecule has 8 heteroatoms. The van der Waals surface area contributed by atoms with Crippen molar-refractivity contribution in [1.82, 2.24) is 0 Å². The smallest absolute Gasteiger partial charge is 0.347 e. The van der Waals surface area contributed by atoms with Crippen LogP contribution in [0.5, 0.6) is 0 Å². The van der Waals surface area contributed by atoms with Crippen LogP contribution in [0.2, 0.25) is 0 Å². The molecule has 0 aliphatic carbocycles. The summed E-state index contributed by atoms with van der Waals surface area (Å²) in [6.45, 7) is 8.12. The highest BCUT2D eigenvalue weighted by Gasteiger charge is 2.56. The van der Waals surface area contributed by atoms with Crippen molar-refractivity contribution in [1.29, 1.82) is 0 Å². The van der Waals surface area contributed by atoms with Crippen molar-refractivity contribution < 1.29 is 39.0 Å². The van der Waals surface area contributed by atoms with Crippen LogP contribution >= 0.6 is 0 Å². The van der Waals surface area contributed by atoms with Gasteiger partial charge in [-0.1, -0.05) is 0 Å². The molecule has 2 fully saturated rings. The molecular weight excluding hydrogens is 296 g/mol. The lowest BCUT2D eigenvalue weighted by Crippen LogP contribution is -2.43. The quantitative estimate of drug-likeness (QED) is 0.555. The standard InChI is InChI=1S/C14H24O8/c1-13(2,3)12(17)22-18-6-7(15)9-8(16)10-11(19-9)21-14(4,5)20-10/h7-11,15-16H,6H2,1-5H3/t7-,8+,9-,10-,11-/m1/s1. The molecule has 2 aliphatic rings. The zero-order chi connectivity index (χ0) is 16.7. The maximum absolute atomic E-state index is 11.5. The van der Waals surface area contributed by atoms with E-state index in [0.717, 1.165) is 0 Å². The Morgan fingerprint density at radius 3 is 2.50 bits per heavy atom. The third-order valence-electron chi connectivity index (χ3n) is 3.42. The van der Waals surface area contributed by atoms with E-state index in [4.69, 9.17) is 19.1 Å². The number of aliphatic hydroxyl groups excluding tert-OH is 2. The van der Waals surface area contributed by atoms with Crippen LogP contribution in [-0.4, -0.2) is 59.3 Å². The highest BCUT2D eigenvalue weighted by molar-refractivity contribution is 5.74. The van der Waals surface area contributed by atoms with Crippen LogP contribution in [0.1, 0.15) is 34.6 Å². The molecule has 0 amide bonds. The van der Waals surface area contributed by atoms with Gasteiger partial charge in [-0.05, 0) is 34.6 Å². The SMILES string of the molecule is CC1(C)O[C@H]2O[C@H]([C@H](O)COOC(=O)C(C)(C)C)[C@H](O)[C@H]2O1. The Balaban J connectivity index is 1.80. The number of hydrogen-bond donors (Lipinski definition) is 2. The molecule has 0 aromatic rings. The van der Waals surface area contributed by atoms with Gasteiger partial charge in [0.2, 0.25) is 0 Å². The van der Waals surface area contributed by atoms with Crippen LogP contribution in [0, 0.1) is 5.41 Å². The van der Waals surface area contributed by atoms with Crippen LogP contribution in [-0.2, 0) is 28.8 Å². The summed E-state index contributed by atoms with van der Waals surface area (Å²) in [6, 6.07) is 0. The summed E-state index contributed by atoms with van der Waals surface area (Å²) in [6.07, 6.45) is -4.62. The molecule has 5 atom stereocenters. The molecule has 0 saturated carbocycles. The van der Waals surface area contributed by atoms with Gasteiger partial charge in [-0.3, -0.25) is 4.89 Å². The monoisotopic (exact) mass is 320 g/mol. The number of rotatable bonds is 4. The number of hydrogen-bond acceptors (Lipinski definition) is 8. The Kier molecular flexibility index (Phi) is 4.82. The zero-order valence-corrected chi connectivity index (χ0v) is 13.4. The van der Waals surface area contributed by atoms with Crippen molar-refractivity contribution in [2.24, 2.45) is 5.41 Å². The van der Waals surface area contributed by atoms with E-state index in [1.807, 2.05) is 0 Å². The lowest BCUT2D eigenvalue weighted by molar-refractivity contribution is -0.297. The average Bonchev–Trinajstić information content (AvgIpc) is 2.82. The van der Waals surface area contributed by atoms with Gasteiger partial charge in [0, 0.05) is 0 Å². The second kappa shape index (κ2) is 6.03. The number of carbonyl (C=O) groups is 1. The van der Waals surface area contributed by atoms with E-state index < -0.39 is 47.9 Å². The van der Waals surface area contributed by atoms with Crippen molar-refractivity contribution in [2.75, 3.05) is 6.61 Å². The Morgan fingerprint density at radius 2 is 1.95 bits per heavy atom. The average molecular weight is 320 g/mol. The molecular formula is C14H24O8. The molecule has 8 nitrogen and oxygen atoms in total. The molecule has 2 N–H and O–H groups in total. The summed E-state index contributed by atoms with van der Waals surface area (Å²) in [4.78, 5) is 20.8. The molecule has 0 bridgehead atoms. The molecule has 2 rings (SSSR count). The number of fused-ring (bicyclic) bond motifs is 1. The van der Waals surface area contributed by atoms with Gasteiger partial charge in [0.25, 0.3) is 0 Å². The Bertz CT molecular complexity index is 416. The van der Waals surface area contributed by atoms with Crippen LogP contribution < -0.4 is 0 Å². The molecule has 22 heavy (non-hydrogen) atoms. The predicted octanol–water partition coefficient (Wildman–Crippen LogP) is 0.105. The van der Waals surface area contributed by atoms with Crippen molar-refractivity contribution in [3.8, 4) is 0 Å². The lowest BCUT2D eigenvalue weighted by Gasteiger charge is -2.25. The van der Waals surface area contributed by atoms with Crippen LogP contribution in [0.4, 0.5) is 0 Å². The van der Waals surface area contributed by atoms with E-state index in [1.165, 1.54) is 0 Å². The molecule has 0 spiro atoms. The van der Waals surface area contributed by atoms with E-state index in [1.54, 1.807) is 34.6 Å². The number of aliphatic hydroxyl groups is 2. The van der Waals surface area contributed by atoms with Crippen molar-refractivity contribution in [3.63, 3.8) is 0 Å². The fourth-order valence-electron chi connectivity index (χ4n) is 2.21. The molecule has 0 radical (unpaired) electrons. The van der Waals surface area contributed by atoms with Crippen molar-refractivity contribution >= 4 is 5.97 Å². The van der Waals surface area contributed by atoms with E-state index in [2.05, 4.69) is 4.89 Å². The second-order valence-corrected chi connectivity index (χ2v) is 7.03. The summed E-state index contributed by atoms with van der Waals surface area (Å²) >= 11 is 0. The van der Waals surface area contributed by atoms with E-state index in [9.17, 15) is 15.0 Å². The minimum Gasteiger partial charge on any atom is -0.388 e. The van der Waals surface area contributed by atoms with Gasteiger partial charge in [-0.15, -0.1) is 0 Å². The molecule has 0 aromatic carbocycles. The third-order valence-corrected chi connectivity index (χ3v) is 3.42. The second-order valence-electron chi connectivity index (χ2n) is 7.03. The molecule has 128 valence electrons. The first-order valence-electron chi connectivity index (χ1n) is 7.22. The Labute approximate surface area is 129 Å². The maximum Gasteiger partial charge on any atom is 0.347 e. The Hall–Kier alpha value is -0.770. The van der Waals surface area contributed by atoms with Gasteiger partial charge in [-0.25, -0.2) is 4.79 Å². The minimum atomic E-state index is -1.19. The topological polar surface area (TPSA) is 104 Å². The molecule has 2 aliphatic heterocycles. The summed E-state index contributed by atoms with van der Waals surface area (Å²) in [5, 5.41) is 20.2. The molecule has 0 unspecified atom stereocenters. The highest BCUT2D eigenvalue weighted by atomic mass is 17.2. The summed E-state index contributed by atoms with van der Waals surface area (Å²) < 4.78 is 16.4. The molecule has 0 aromatic heterocycles. The minimum absolute atomic E-state index is 0.327. The zero-order valence-electron chi connectivity index (χ0n) is 13.4. The first kappa shape index (κ1) is 17.6. The molecule has 2 saturated heterocycles. The third kappa shape index (κ3) is 3.76. The summed E-state index contributed by atoms with van der Waals surface area (Å²) in [7, 11) is 0. The van der Waals surface area contributed by atoms with E-state index in [-0.39, 0.29) is 6.61 Å². The number of carbonyl (C=O) groups excluding carboxylic acids is 1. The van der Waals surface area contributed by atoms with Crippen molar-refractivity contribution in [2.45, 2.75) is 71.1 Å². The van der Waals surface area contributed by atoms with Gasteiger partial charge in [-0.2, -0.15) is 4.89 Å². The number of ether oxygens (including phenoxy) is 3. The van der Waals surface area contributed by atoms with Crippen molar-refractivity contribution in [3.05, 3.63) is 0 Å². The van der Waals surface area contributed by atoms with Gasteiger partial charge in [0.15, 0.2) is 12.1 Å². The summed E-state index contributed by atoms with van der Waals surface area (Å²) in [5.41, 5.74) is -0.710. The lowest BCUT2D eigenvalue weighted by atomic mass is 9.98. The van der Waals surface area contributed by atoms with E-state index in [0.29, 0.717) is 0 Å². The Morgan fingerprint density at radius 1 is 1.32 bits per heavy atom.